The Morgan fingerprint density at radius 2 is 1.95 bits per heavy atom. The van der Waals surface area contributed by atoms with Crippen molar-refractivity contribution in [2.24, 2.45) is 0 Å². The van der Waals surface area contributed by atoms with Gasteiger partial charge in [-0.1, -0.05) is 30.7 Å². The van der Waals surface area contributed by atoms with E-state index in [0.29, 0.717) is 57.1 Å². The van der Waals surface area contributed by atoms with Crippen molar-refractivity contribution in [2.45, 2.75) is 32.0 Å². The van der Waals surface area contributed by atoms with Gasteiger partial charge in [-0.25, -0.2) is 27.2 Å². The minimum Gasteiger partial charge on any atom is -0.490 e. The standard InChI is InChI=1S/C31H30ClF2N3O5S/c1-2-43(38,39)14-13-40-12-10-31(9-4-11-42-31)25-17-24-28(18-27(25)34)35-20-36-30(24)37-23-7-8-29(26(32)16-23)41-19-21-5-3-6-22(33)15-21/h3-8,11,15-18,20H,2,9-10,12-14,19H2,1H3,(H,35,36,37). The van der Waals surface area contributed by atoms with Gasteiger partial charge in [0.05, 0.1) is 35.8 Å². The van der Waals surface area contributed by atoms with Crippen molar-refractivity contribution in [3.8, 4) is 5.75 Å². The molecule has 1 aliphatic heterocycles. The first-order valence-electron chi connectivity index (χ1n) is 13.7. The van der Waals surface area contributed by atoms with Crippen LogP contribution in [0.5, 0.6) is 5.75 Å². The Labute approximate surface area is 253 Å². The Kier molecular flexibility index (Phi) is 9.43. The van der Waals surface area contributed by atoms with Crippen LogP contribution in [0.15, 0.2) is 73.3 Å². The first kappa shape index (κ1) is 30.7. The average Bonchev–Trinajstić information content (AvgIpc) is 3.46. The van der Waals surface area contributed by atoms with Gasteiger partial charge in [0, 0.05) is 41.3 Å². The average molecular weight is 630 g/mol. The maximum Gasteiger partial charge on any atom is 0.152 e. The van der Waals surface area contributed by atoms with Crippen LogP contribution in [-0.2, 0) is 31.5 Å². The zero-order valence-corrected chi connectivity index (χ0v) is 24.9. The number of benzene rings is 3. The molecule has 1 atom stereocenters. The smallest absolute Gasteiger partial charge is 0.152 e. The Morgan fingerprint density at radius 1 is 1.09 bits per heavy atom. The number of anilines is 2. The second-order valence-electron chi connectivity index (χ2n) is 10.0. The third kappa shape index (κ3) is 7.41. The fourth-order valence-electron chi connectivity index (χ4n) is 4.75. The summed E-state index contributed by atoms with van der Waals surface area (Å²) in [5.41, 5.74) is 0.953. The molecule has 0 fully saturated rings. The topological polar surface area (TPSA) is 99.6 Å². The number of fused-ring (bicyclic) bond motifs is 1. The summed E-state index contributed by atoms with van der Waals surface area (Å²) < 4.78 is 69.8. The first-order valence-corrected chi connectivity index (χ1v) is 15.9. The molecule has 0 amide bonds. The highest BCUT2D eigenvalue weighted by atomic mass is 35.5. The predicted octanol–water partition coefficient (Wildman–Crippen LogP) is 6.85. The van der Waals surface area contributed by atoms with Crippen LogP contribution in [0.25, 0.3) is 10.9 Å². The van der Waals surface area contributed by atoms with Gasteiger partial charge in [0.15, 0.2) is 9.84 Å². The molecule has 1 aromatic heterocycles. The van der Waals surface area contributed by atoms with Crippen LogP contribution in [0, 0.1) is 11.6 Å². The third-order valence-corrected chi connectivity index (χ3v) is 9.12. The summed E-state index contributed by atoms with van der Waals surface area (Å²) in [5.74, 6) is -0.00155. The zero-order chi connectivity index (χ0) is 30.5. The lowest BCUT2D eigenvalue weighted by atomic mass is 9.87. The van der Waals surface area contributed by atoms with Gasteiger partial charge in [-0.2, -0.15) is 0 Å². The van der Waals surface area contributed by atoms with Gasteiger partial charge >= 0.3 is 0 Å². The van der Waals surface area contributed by atoms with E-state index in [9.17, 15) is 12.8 Å². The molecule has 1 unspecified atom stereocenters. The molecule has 8 nitrogen and oxygen atoms in total. The number of hydrogen-bond donors (Lipinski definition) is 1. The van der Waals surface area contributed by atoms with E-state index < -0.39 is 21.3 Å². The molecule has 3 aromatic carbocycles. The third-order valence-electron chi connectivity index (χ3n) is 7.16. The minimum atomic E-state index is -3.15. The highest BCUT2D eigenvalue weighted by Gasteiger charge is 2.38. The summed E-state index contributed by atoms with van der Waals surface area (Å²) in [4.78, 5) is 8.63. The monoisotopic (exact) mass is 629 g/mol. The van der Waals surface area contributed by atoms with Gasteiger partial charge < -0.3 is 19.5 Å². The summed E-state index contributed by atoms with van der Waals surface area (Å²) in [6, 6.07) is 14.3. The molecule has 1 N–H and O–H groups in total. The van der Waals surface area contributed by atoms with E-state index in [1.165, 1.54) is 30.8 Å². The maximum absolute atomic E-state index is 15.5. The van der Waals surface area contributed by atoms with E-state index in [4.69, 9.17) is 25.8 Å². The van der Waals surface area contributed by atoms with Crippen molar-refractivity contribution in [1.82, 2.24) is 9.97 Å². The highest BCUT2D eigenvalue weighted by Crippen LogP contribution is 2.41. The van der Waals surface area contributed by atoms with Crippen LogP contribution in [0.1, 0.15) is 30.9 Å². The molecule has 1 aliphatic rings. The van der Waals surface area contributed by atoms with Gasteiger partial charge in [-0.3, -0.25) is 0 Å². The Morgan fingerprint density at radius 3 is 2.70 bits per heavy atom. The number of halogens is 3. The quantitative estimate of drug-likeness (QED) is 0.160. The number of aromatic nitrogens is 2. The second kappa shape index (κ2) is 13.2. The second-order valence-corrected chi connectivity index (χ2v) is 12.9. The summed E-state index contributed by atoms with van der Waals surface area (Å²) in [6.07, 6.45) is 5.40. The van der Waals surface area contributed by atoms with E-state index in [1.54, 1.807) is 43.3 Å². The number of ether oxygens (including phenoxy) is 3. The van der Waals surface area contributed by atoms with Crippen molar-refractivity contribution in [3.63, 3.8) is 0 Å². The fourth-order valence-corrected chi connectivity index (χ4v) is 5.65. The van der Waals surface area contributed by atoms with Gasteiger partial charge in [0.25, 0.3) is 0 Å². The van der Waals surface area contributed by atoms with E-state index in [0.717, 1.165) is 0 Å². The molecular formula is C31H30ClF2N3O5S. The highest BCUT2D eigenvalue weighted by molar-refractivity contribution is 7.91. The van der Waals surface area contributed by atoms with Crippen molar-refractivity contribution in [3.05, 3.63) is 101 Å². The number of sulfone groups is 1. The van der Waals surface area contributed by atoms with Gasteiger partial charge in [-0.15, -0.1) is 0 Å². The van der Waals surface area contributed by atoms with Crippen LogP contribution < -0.4 is 10.1 Å². The maximum atomic E-state index is 15.5. The molecule has 0 radical (unpaired) electrons. The molecule has 0 saturated carbocycles. The number of nitrogens with zero attached hydrogens (tertiary/aromatic N) is 2. The summed E-state index contributed by atoms with van der Waals surface area (Å²) in [7, 11) is -3.15. The number of nitrogens with one attached hydrogen (secondary N) is 1. The molecule has 0 bridgehead atoms. The molecule has 226 valence electrons. The molecule has 2 heterocycles. The summed E-state index contributed by atoms with van der Waals surface area (Å²) >= 11 is 6.48. The number of hydrogen-bond acceptors (Lipinski definition) is 8. The SMILES string of the molecule is CCS(=O)(=O)CCOCCC1(c2cc3c(Nc4ccc(OCc5cccc(F)c5)c(Cl)c4)ncnc3cc2F)CC=CO1. The van der Waals surface area contributed by atoms with Crippen LogP contribution in [0.3, 0.4) is 0 Å². The van der Waals surface area contributed by atoms with Gasteiger partial charge in [0.2, 0.25) is 0 Å². The summed E-state index contributed by atoms with van der Waals surface area (Å²) in [5, 5.41) is 4.12. The van der Waals surface area contributed by atoms with Crippen molar-refractivity contribution in [2.75, 3.05) is 30.0 Å². The van der Waals surface area contributed by atoms with Crippen molar-refractivity contribution < 1.29 is 31.4 Å². The van der Waals surface area contributed by atoms with Gasteiger partial charge in [-0.05, 0) is 48.0 Å². The Hall–Kier alpha value is -3.80. The lowest BCUT2D eigenvalue weighted by molar-refractivity contribution is 0.000270. The summed E-state index contributed by atoms with van der Waals surface area (Å²) in [6.45, 7) is 1.98. The molecule has 0 spiro atoms. The number of rotatable bonds is 13. The lowest BCUT2D eigenvalue weighted by Gasteiger charge is -2.30. The molecule has 43 heavy (non-hydrogen) atoms. The zero-order valence-electron chi connectivity index (χ0n) is 23.4. The molecule has 5 rings (SSSR count). The van der Waals surface area contributed by atoms with Crippen LogP contribution in [0.4, 0.5) is 20.3 Å². The minimum absolute atomic E-state index is 0.0504. The lowest BCUT2D eigenvalue weighted by Crippen LogP contribution is -2.28. The van der Waals surface area contributed by atoms with E-state index in [-0.39, 0.29) is 37.1 Å². The molecule has 0 saturated heterocycles. The Balaban J connectivity index is 1.34. The fraction of sp³-hybridized carbons (Fsp3) is 0.290. The van der Waals surface area contributed by atoms with Crippen molar-refractivity contribution in [1.29, 1.82) is 0 Å². The molecule has 0 aliphatic carbocycles. The van der Waals surface area contributed by atoms with E-state index >= 15 is 4.39 Å². The molecule has 12 heteroatoms. The predicted molar refractivity (Wildman–Crippen MR) is 161 cm³/mol. The van der Waals surface area contributed by atoms with E-state index in [1.807, 2.05) is 6.08 Å². The van der Waals surface area contributed by atoms with Crippen LogP contribution in [0.2, 0.25) is 5.02 Å². The van der Waals surface area contributed by atoms with Gasteiger partial charge in [0.1, 0.15) is 41.7 Å². The van der Waals surface area contributed by atoms with Crippen molar-refractivity contribution >= 4 is 43.8 Å². The largest absolute Gasteiger partial charge is 0.490 e. The molecule has 4 aromatic rings. The van der Waals surface area contributed by atoms with Crippen LogP contribution >= 0.6 is 11.6 Å². The molecular weight excluding hydrogens is 600 g/mol. The van der Waals surface area contributed by atoms with Crippen LogP contribution in [-0.4, -0.2) is 43.1 Å². The normalized spacial score (nSPS) is 16.4. The first-order chi connectivity index (χ1) is 20.7. The Bertz CT molecular complexity index is 1750. The van der Waals surface area contributed by atoms with E-state index in [2.05, 4.69) is 15.3 Å².